The second-order valence-electron chi connectivity index (χ2n) is 5.12. The summed E-state index contributed by atoms with van der Waals surface area (Å²) in [6.07, 6.45) is 0.921. The minimum atomic E-state index is 0.456. The molecule has 2 N–H and O–H groups in total. The third-order valence-corrected chi connectivity index (χ3v) is 3.87. The zero-order valence-corrected chi connectivity index (χ0v) is 10.8. The number of rotatable bonds is 2. The van der Waals surface area contributed by atoms with Gasteiger partial charge in [0, 0.05) is 50.3 Å². The third kappa shape index (κ3) is 2.06. The van der Waals surface area contributed by atoms with E-state index in [9.17, 15) is 5.11 Å². The highest BCUT2D eigenvalue weighted by Gasteiger charge is 2.23. The summed E-state index contributed by atoms with van der Waals surface area (Å²) in [7, 11) is 0. The van der Waals surface area contributed by atoms with Crippen LogP contribution in [-0.2, 0) is 13.0 Å². The Morgan fingerprint density at radius 3 is 2.94 bits per heavy atom. The Morgan fingerprint density at radius 1 is 1.39 bits per heavy atom. The maximum Gasteiger partial charge on any atom is 0.123 e. The lowest BCUT2D eigenvalue weighted by molar-refractivity contribution is 0.230. The predicted octanol–water partition coefficient (Wildman–Crippen LogP) is 1.04. The van der Waals surface area contributed by atoms with Gasteiger partial charge in [-0.3, -0.25) is 4.90 Å². The SMILES string of the molecule is Cc1cc2c(c(CN3CCNCC3)c1O)CCO2. The van der Waals surface area contributed by atoms with Crippen LogP contribution in [0.3, 0.4) is 0 Å². The highest BCUT2D eigenvalue weighted by atomic mass is 16.5. The molecule has 1 saturated heterocycles. The van der Waals surface area contributed by atoms with Crippen LogP contribution in [0, 0.1) is 6.92 Å². The Bertz CT molecular complexity index is 454. The van der Waals surface area contributed by atoms with Crippen molar-refractivity contribution in [1.82, 2.24) is 10.2 Å². The molecule has 0 unspecified atom stereocenters. The average Bonchev–Trinajstić information content (AvgIpc) is 2.84. The molecule has 3 rings (SSSR count). The zero-order valence-electron chi connectivity index (χ0n) is 10.8. The smallest absolute Gasteiger partial charge is 0.123 e. The van der Waals surface area contributed by atoms with E-state index >= 15 is 0 Å². The summed E-state index contributed by atoms with van der Waals surface area (Å²) in [6, 6.07) is 1.96. The number of fused-ring (bicyclic) bond motifs is 1. The highest BCUT2D eigenvalue weighted by Crippen LogP contribution is 2.37. The molecule has 2 aliphatic rings. The molecule has 0 atom stereocenters. The van der Waals surface area contributed by atoms with Crippen LogP contribution in [0.5, 0.6) is 11.5 Å². The Balaban J connectivity index is 1.90. The number of benzene rings is 1. The van der Waals surface area contributed by atoms with Crippen LogP contribution in [0.2, 0.25) is 0 Å². The number of nitrogens with zero attached hydrogens (tertiary/aromatic N) is 1. The van der Waals surface area contributed by atoms with E-state index in [4.69, 9.17) is 4.74 Å². The topological polar surface area (TPSA) is 44.7 Å². The van der Waals surface area contributed by atoms with Gasteiger partial charge in [-0.05, 0) is 18.6 Å². The number of aromatic hydroxyl groups is 1. The molecule has 98 valence electrons. The average molecular weight is 248 g/mol. The van der Waals surface area contributed by atoms with Crippen LogP contribution in [-0.4, -0.2) is 42.8 Å². The van der Waals surface area contributed by atoms with Crippen molar-refractivity contribution in [3.63, 3.8) is 0 Å². The number of hydrogen-bond acceptors (Lipinski definition) is 4. The van der Waals surface area contributed by atoms with Gasteiger partial charge in [0.15, 0.2) is 0 Å². The molecular formula is C14H20N2O2. The van der Waals surface area contributed by atoms with Gasteiger partial charge in [0.05, 0.1) is 6.61 Å². The van der Waals surface area contributed by atoms with Gasteiger partial charge in [-0.2, -0.15) is 0 Å². The maximum absolute atomic E-state index is 10.3. The van der Waals surface area contributed by atoms with Gasteiger partial charge in [-0.15, -0.1) is 0 Å². The largest absolute Gasteiger partial charge is 0.507 e. The second kappa shape index (κ2) is 4.78. The van der Waals surface area contributed by atoms with E-state index in [2.05, 4.69) is 10.2 Å². The number of nitrogens with one attached hydrogen (secondary N) is 1. The monoisotopic (exact) mass is 248 g/mol. The van der Waals surface area contributed by atoms with Gasteiger partial charge >= 0.3 is 0 Å². The summed E-state index contributed by atoms with van der Waals surface area (Å²) in [4.78, 5) is 2.39. The summed E-state index contributed by atoms with van der Waals surface area (Å²) in [5.74, 6) is 1.42. The normalized spacial score (nSPS) is 19.6. The molecular weight excluding hydrogens is 228 g/mol. The lowest BCUT2D eigenvalue weighted by atomic mass is 10.00. The quantitative estimate of drug-likeness (QED) is 0.821. The molecule has 0 aliphatic carbocycles. The summed E-state index contributed by atoms with van der Waals surface area (Å²) >= 11 is 0. The number of phenols is 1. The molecule has 4 nitrogen and oxygen atoms in total. The van der Waals surface area contributed by atoms with Crippen molar-refractivity contribution in [1.29, 1.82) is 0 Å². The van der Waals surface area contributed by atoms with E-state index in [1.54, 1.807) is 0 Å². The van der Waals surface area contributed by atoms with Crippen molar-refractivity contribution in [2.24, 2.45) is 0 Å². The molecule has 1 fully saturated rings. The Morgan fingerprint density at radius 2 is 2.17 bits per heavy atom. The third-order valence-electron chi connectivity index (χ3n) is 3.87. The van der Waals surface area contributed by atoms with Crippen molar-refractivity contribution in [2.45, 2.75) is 19.9 Å². The van der Waals surface area contributed by atoms with Crippen molar-refractivity contribution in [2.75, 3.05) is 32.8 Å². The molecule has 4 heteroatoms. The molecule has 0 saturated carbocycles. The molecule has 0 radical (unpaired) electrons. The number of ether oxygens (including phenoxy) is 1. The minimum Gasteiger partial charge on any atom is -0.507 e. The maximum atomic E-state index is 10.3. The van der Waals surface area contributed by atoms with Gasteiger partial charge in [-0.1, -0.05) is 0 Å². The molecule has 2 heterocycles. The fourth-order valence-corrected chi connectivity index (χ4v) is 2.81. The molecule has 0 spiro atoms. The van der Waals surface area contributed by atoms with Crippen LogP contribution in [0.25, 0.3) is 0 Å². The molecule has 1 aromatic carbocycles. The van der Waals surface area contributed by atoms with Crippen LogP contribution >= 0.6 is 0 Å². The van der Waals surface area contributed by atoms with E-state index in [-0.39, 0.29) is 0 Å². The molecule has 1 aromatic rings. The second-order valence-corrected chi connectivity index (χ2v) is 5.12. The van der Waals surface area contributed by atoms with E-state index in [0.29, 0.717) is 5.75 Å². The van der Waals surface area contributed by atoms with E-state index in [0.717, 1.165) is 62.6 Å². The molecule has 2 aliphatic heterocycles. The van der Waals surface area contributed by atoms with Crippen LogP contribution < -0.4 is 10.1 Å². The first kappa shape index (κ1) is 11.8. The summed E-state index contributed by atoms with van der Waals surface area (Å²) < 4.78 is 5.62. The number of hydrogen-bond donors (Lipinski definition) is 2. The lowest BCUT2D eigenvalue weighted by Gasteiger charge is -2.28. The molecule has 0 aromatic heterocycles. The van der Waals surface area contributed by atoms with Crippen molar-refractivity contribution >= 4 is 0 Å². The first-order valence-corrected chi connectivity index (χ1v) is 6.66. The van der Waals surface area contributed by atoms with Gasteiger partial charge in [0.2, 0.25) is 0 Å². The first-order valence-electron chi connectivity index (χ1n) is 6.66. The molecule has 0 bridgehead atoms. The fourth-order valence-electron chi connectivity index (χ4n) is 2.81. The Labute approximate surface area is 108 Å². The Hall–Kier alpha value is -1.26. The summed E-state index contributed by atoms with van der Waals surface area (Å²) in [5.41, 5.74) is 3.20. The van der Waals surface area contributed by atoms with Gasteiger partial charge < -0.3 is 15.2 Å². The van der Waals surface area contributed by atoms with E-state index in [1.807, 2.05) is 13.0 Å². The molecule has 0 amide bonds. The van der Waals surface area contributed by atoms with Crippen molar-refractivity contribution < 1.29 is 9.84 Å². The van der Waals surface area contributed by atoms with Crippen molar-refractivity contribution in [3.8, 4) is 11.5 Å². The van der Waals surface area contributed by atoms with Crippen molar-refractivity contribution in [3.05, 3.63) is 22.8 Å². The highest BCUT2D eigenvalue weighted by molar-refractivity contribution is 5.54. The van der Waals surface area contributed by atoms with E-state index in [1.165, 1.54) is 5.56 Å². The standard InChI is InChI=1S/C14H20N2O2/c1-10-8-13-11(2-7-18-13)12(14(10)17)9-16-5-3-15-4-6-16/h8,15,17H,2-7,9H2,1H3. The summed E-state index contributed by atoms with van der Waals surface area (Å²) in [5, 5.41) is 13.6. The fraction of sp³-hybridized carbons (Fsp3) is 0.571. The van der Waals surface area contributed by atoms with Crippen LogP contribution in [0.1, 0.15) is 16.7 Å². The Kier molecular flexibility index (Phi) is 3.14. The van der Waals surface area contributed by atoms with E-state index < -0.39 is 0 Å². The zero-order chi connectivity index (χ0) is 12.5. The predicted molar refractivity (Wildman–Crippen MR) is 70.2 cm³/mol. The molecule has 18 heavy (non-hydrogen) atoms. The van der Waals surface area contributed by atoms with Gasteiger partial charge in [0.1, 0.15) is 11.5 Å². The summed E-state index contributed by atoms with van der Waals surface area (Å²) in [6.45, 7) is 7.68. The lowest BCUT2D eigenvalue weighted by Crippen LogP contribution is -2.43. The number of piperazine rings is 1. The first-order chi connectivity index (χ1) is 8.75. The van der Waals surface area contributed by atoms with Crippen LogP contribution in [0.15, 0.2) is 6.07 Å². The number of aryl methyl sites for hydroxylation is 1. The van der Waals surface area contributed by atoms with Gasteiger partial charge in [-0.25, -0.2) is 0 Å². The number of phenolic OH excluding ortho intramolecular Hbond substituents is 1. The minimum absolute atomic E-state index is 0.456. The van der Waals surface area contributed by atoms with Crippen LogP contribution in [0.4, 0.5) is 0 Å². The van der Waals surface area contributed by atoms with Gasteiger partial charge in [0.25, 0.3) is 0 Å².